The number of nitrogens with one attached hydrogen (secondary N) is 1. The Kier molecular flexibility index (Phi) is 5.75. The van der Waals surface area contributed by atoms with Gasteiger partial charge in [-0.1, -0.05) is 45.0 Å². The molecule has 94 valence electrons. The van der Waals surface area contributed by atoms with Crippen molar-refractivity contribution in [2.24, 2.45) is 0 Å². The molecule has 0 saturated heterocycles. The minimum absolute atomic E-state index is 0.128. The molecular formula is C15H23NO. The van der Waals surface area contributed by atoms with E-state index in [0.29, 0.717) is 12.5 Å². The molecule has 1 amide bonds. The van der Waals surface area contributed by atoms with E-state index in [4.69, 9.17) is 0 Å². The highest BCUT2D eigenvalue weighted by Crippen LogP contribution is 2.06. The highest BCUT2D eigenvalue weighted by molar-refractivity contribution is 5.78. The number of rotatable bonds is 6. The summed E-state index contributed by atoms with van der Waals surface area (Å²) in [4.78, 5) is 11.8. The van der Waals surface area contributed by atoms with Crippen LogP contribution in [0.5, 0.6) is 0 Å². The van der Waals surface area contributed by atoms with Crippen molar-refractivity contribution in [3.63, 3.8) is 0 Å². The first-order valence-electron chi connectivity index (χ1n) is 6.56. The molecule has 0 aliphatic carbocycles. The van der Waals surface area contributed by atoms with Crippen LogP contribution in [0.3, 0.4) is 0 Å². The summed E-state index contributed by atoms with van der Waals surface area (Å²) in [5.74, 6) is 0.128. The van der Waals surface area contributed by atoms with Crippen LogP contribution in [0, 0.1) is 0 Å². The van der Waals surface area contributed by atoms with Crippen LogP contribution in [0.4, 0.5) is 0 Å². The summed E-state index contributed by atoms with van der Waals surface area (Å²) in [5.41, 5.74) is 2.40. The Morgan fingerprint density at radius 2 is 1.59 bits per heavy atom. The molecule has 0 bridgehead atoms. The summed E-state index contributed by atoms with van der Waals surface area (Å²) < 4.78 is 0. The van der Waals surface area contributed by atoms with E-state index >= 15 is 0 Å². The number of amides is 1. The normalized spacial score (nSPS) is 10.6. The van der Waals surface area contributed by atoms with Crippen LogP contribution in [-0.2, 0) is 17.6 Å². The highest BCUT2D eigenvalue weighted by Gasteiger charge is 2.08. The van der Waals surface area contributed by atoms with Crippen molar-refractivity contribution in [2.45, 2.75) is 52.5 Å². The zero-order chi connectivity index (χ0) is 12.7. The fourth-order valence-corrected chi connectivity index (χ4v) is 1.85. The molecule has 0 saturated carbocycles. The molecule has 1 rings (SSSR count). The van der Waals surface area contributed by atoms with E-state index in [2.05, 4.69) is 38.2 Å². The lowest BCUT2D eigenvalue weighted by Crippen LogP contribution is -2.34. The monoisotopic (exact) mass is 233 g/mol. The van der Waals surface area contributed by atoms with Gasteiger partial charge in [0.1, 0.15) is 0 Å². The Morgan fingerprint density at radius 1 is 1.06 bits per heavy atom. The maximum atomic E-state index is 11.8. The van der Waals surface area contributed by atoms with Crippen molar-refractivity contribution in [3.05, 3.63) is 35.4 Å². The Balaban J connectivity index is 2.49. The molecule has 1 N–H and O–H groups in total. The molecule has 0 spiro atoms. The van der Waals surface area contributed by atoms with Crippen molar-refractivity contribution in [2.75, 3.05) is 0 Å². The largest absolute Gasteiger partial charge is 0.353 e. The third-order valence-electron chi connectivity index (χ3n) is 3.15. The molecular weight excluding hydrogens is 210 g/mol. The SMILES string of the molecule is CCc1ccc(CC(=O)NC(CC)CC)cc1. The first kappa shape index (κ1) is 13.8. The van der Waals surface area contributed by atoms with E-state index in [9.17, 15) is 4.79 Å². The van der Waals surface area contributed by atoms with Gasteiger partial charge in [0.05, 0.1) is 6.42 Å². The average molecular weight is 233 g/mol. The zero-order valence-corrected chi connectivity index (χ0v) is 11.1. The molecule has 0 aliphatic rings. The van der Waals surface area contributed by atoms with E-state index in [1.165, 1.54) is 5.56 Å². The van der Waals surface area contributed by atoms with Gasteiger partial charge in [-0.05, 0) is 30.4 Å². The molecule has 1 aromatic carbocycles. The quantitative estimate of drug-likeness (QED) is 0.803. The van der Waals surface area contributed by atoms with Crippen molar-refractivity contribution in [1.82, 2.24) is 5.32 Å². The smallest absolute Gasteiger partial charge is 0.224 e. The minimum atomic E-state index is 0.128. The number of hydrogen-bond acceptors (Lipinski definition) is 1. The minimum Gasteiger partial charge on any atom is -0.353 e. The number of carbonyl (C=O) groups is 1. The second-order valence-electron chi connectivity index (χ2n) is 4.43. The Hall–Kier alpha value is -1.31. The summed E-state index contributed by atoms with van der Waals surface area (Å²) in [6.07, 6.45) is 3.52. The third-order valence-corrected chi connectivity index (χ3v) is 3.15. The first-order valence-corrected chi connectivity index (χ1v) is 6.56. The second kappa shape index (κ2) is 7.10. The van der Waals surface area contributed by atoms with Crippen molar-refractivity contribution in [3.8, 4) is 0 Å². The van der Waals surface area contributed by atoms with Gasteiger partial charge in [-0.3, -0.25) is 4.79 Å². The van der Waals surface area contributed by atoms with Crippen LogP contribution < -0.4 is 5.32 Å². The summed E-state index contributed by atoms with van der Waals surface area (Å²) in [7, 11) is 0. The topological polar surface area (TPSA) is 29.1 Å². The number of aryl methyl sites for hydroxylation is 1. The molecule has 0 fully saturated rings. The van der Waals surface area contributed by atoms with Gasteiger partial charge in [-0.2, -0.15) is 0 Å². The fraction of sp³-hybridized carbons (Fsp3) is 0.533. The van der Waals surface area contributed by atoms with E-state index in [-0.39, 0.29) is 5.91 Å². The molecule has 0 aromatic heterocycles. The molecule has 0 radical (unpaired) electrons. The van der Waals surface area contributed by atoms with Gasteiger partial charge in [0.25, 0.3) is 0 Å². The number of carbonyl (C=O) groups excluding carboxylic acids is 1. The summed E-state index contributed by atoms with van der Waals surface area (Å²) in [6.45, 7) is 6.34. The van der Waals surface area contributed by atoms with Gasteiger partial charge in [0.15, 0.2) is 0 Å². The maximum Gasteiger partial charge on any atom is 0.224 e. The lowest BCUT2D eigenvalue weighted by molar-refractivity contribution is -0.121. The van der Waals surface area contributed by atoms with Gasteiger partial charge in [-0.15, -0.1) is 0 Å². The van der Waals surface area contributed by atoms with E-state index in [1.54, 1.807) is 0 Å². The summed E-state index contributed by atoms with van der Waals surface area (Å²) >= 11 is 0. The standard InChI is InChI=1S/C15H23NO/c1-4-12-7-9-13(10-8-12)11-15(17)16-14(5-2)6-3/h7-10,14H,4-6,11H2,1-3H3,(H,16,17). The summed E-state index contributed by atoms with van der Waals surface area (Å²) in [6, 6.07) is 8.60. The fourth-order valence-electron chi connectivity index (χ4n) is 1.85. The molecule has 0 unspecified atom stereocenters. The van der Waals surface area contributed by atoms with Crippen LogP contribution in [-0.4, -0.2) is 11.9 Å². The van der Waals surface area contributed by atoms with Crippen LogP contribution >= 0.6 is 0 Å². The van der Waals surface area contributed by atoms with Crippen LogP contribution in [0.15, 0.2) is 24.3 Å². The Morgan fingerprint density at radius 3 is 2.06 bits per heavy atom. The van der Waals surface area contributed by atoms with Crippen LogP contribution in [0.2, 0.25) is 0 Å². The lowest BCUT2D eigenvalue weighted by Gasteiger charge is -2.14. The molecule has 2 heteroatoms. The first-order chi connectivity index (χ1) is 8.19. The predicted octanol–water partition coefficient (Wildman–Crippen LogP) is 3.10. The molecule has 1 aromatic rings. The number of hydrogen-bond donors (Lipinski definition) is 1. The predicted molar refractivity (Wildman–Crippen MR) is 72.0 cm³/mol. The molecule has 17 heavy (non-hydrogen) atoms. The van der Waals surface area contributed by atoms with E-state index in [0.717, 1.165) is 24.8 Å². The second-order valence-corrected chi connectivity index (χ2v) is 4.43. The zero-order valence-electron chi connectivity index (χ0n) is 11.1. The number of benzene rings is 1. The third kappa shape index (κ3) is 4.59. The summed E-state index contributed by atoms with van der Waals surface area (Å²) in [5, 5.41) is 3.05. The van der Waals surface area contributed by atoms with Gasteiger partial charge < -0.3 is 5.32 Å². The van der Waals surface area contributed by atoms with Gasteiger partial charge >= 0.3 is 0 Å². The molecule has 0 heterocycles. The average Bonchev–Trinajstić information content (AvgIpc) is 2.37. The van der Waals surface area contributed by atoms with Gasteiger partial charge in [0, 0.05) is 6.04 Å². The Bertz CT molecular complexity index is 338. The highest BCUT2D eigenvalue weighted by atomic mass is 16.1. The van der Waals surface area contributed by atoms with Crippen LogP contribution in [0.1, 0.15) is 44.7 Å². The van der Waals surface area contributed by atoms with Crippen molar-refractivity contribution in [1.29, 1.82) is 0 Å². The van der Waals surface area contributed by atoms with Gasteiger partial charge in [0.2, 0.25) is 5.91 Å². The van der Waals surface area contributed by atoms with E-state index < -0.39 is 0 Å². The lowest BCUT2D eigenvalue weighted by atomic mass is 10.1. The Labute approximate surface area is 104 Å². The van der Waals surface area contributed by atoms with Gasteiger partial charge in [-0.25, -0.2) is 0 Å². The maximum absolute atomic E-state index is 11.8. The molecule has 2 nitrogen and oxygen atoms in total. The molecule has 0 aliphatic heterocycles. The van der Waals surface area contributed by atoms with Crippen LogP contribution in [0.25, 0.3) is 0 Å². The molecule has 0 atom stereocenters. The van der Waals surface area contributed by atoms with Crippen molar-refractivity contribution < 1.29 is 4.79 Å². The van der Waals surface area contributed by atoms with Crippen molar-refractivity contribution >= 4 is 5.91 Å². The van der Waals surface area contributed by atoms with E-state index in [1.807, 2.05) is 12.1 Å².